The zero-order valence-electron chi connectivity index (χ0n) is 10.2. The van der Waals surface area contributed by atoms with E-state index in [-0.39, 0.29) is 0 Å². The summed E-state index contributed by atoms with van der Waals surface area (Å²) in [5.41, 5.74) is 4.51. The van der Waals surface area contributed by atoms with Gasteiger partial charge in [0.15, 0.2) is 0 Å². The quantitative estimate of drug-likeness (QED) is 0.712. The van der Waals surface area contributed by atoms with Crippen LogP contribution in [0.5, 0.6) is 0 Å². The Bertz CT molecular complexity index is 693. The monoisotopic (exact) mass is 234 g/mol. The van der Waals surface area contributed by atoms with E-state index in [4.69, 9.17) is 0 Å². The van der Waals surface area contributed by atoms with Crippen molar-refractivity contribution in [3.8, 4) is 0 Å². The van der Waals surface area contributed by atoms with Crippen molar-refractivity contribution < 1.29 is 0 Å². The van der Waals surface area contributed by atoms with Gasteiger partial charge in [-0.3, -0.25) is 0 Å². The zero-order valence-corrected chi connectivity index (χ0v) is 10.2. The molecule has 88 valence electrons. The molecule has 0 radical (unpaired) electrons. The number of rotatable bonds is 2. The highest BCUT2D eigenvalue weighted by Gasteiger charge is 1.99. The minimum Gasteiger partial charge on any atom is -0.338 e. The number of aryl methyl sites for hydroxylation is 1. The third-order valence-corrected chi connectivity index (χ3v) is 2.89. The summed E-state index contributed by atoms with van der Waals surface area (Å²) in [6, 6.07) is 16.5. The fourth-order valence-corrected chi connectivity index (χ4v) is 1.96. The van der Waals surface area contributed by atoms with Crippen LogP contribution in [0, 0.1) is 6.92 Å². The summed E-state index contributed by atoms with van der Waals surface area (Å²) in [6.45, 7) is 2.08. The van der Waals surface area contributed by atoms with Gasteiger partial charge < -0.3 is 4.98 Å². The van der Waals surface area contributed by atoms with Gasteiger partial charge in [-0.15, -0.1) is 0 Å². The number of benzene rings is 2. The standard InChI is InChI=1S/C16H14N2/c1-12-7-9-14-15(11-12)18-16(17-14)10-8-13-5-3-2-4-6-13/h2-11H,1H3,(H,17,18). The Morgan fingerprint density at radius 3 is 2.67 bits per heavy atom. The second-order valence-corrected chi connectivity index (χ2v) is 4.39. The molecule has 0 unspecified atom stereocenters. The summed E-state index contributed by atoms with van der Waals surface area (Å²) in [6.07, 6.45) is 4.06. The number of nitrogens with zero attached hydrogens (tertiary/aromatic N) is 1. The minimum atomic E-state index is 0.888. The molecule has 18 heavy (non-hydrogen) atoms. The Hall–Kier alpha value is -2.35. The van der Waals surface area contributed by atoms with Gasteiger partial charge in [-0.2, -0.15) is 0 Å². The number of fused-ring (bicyclic) bond motifs is 1. The molecule has 1 aromatic heterocycles. The van der Waals surface area contributed by atoms with Crippen LogP contribution in [0.15, 0.2) is 48.5 Å². The van der Waals surface area contributed by atoms with Gasteiger partial charge in [-0.05, 0) is 36.3 Å². The van der Waals surface area contributed by atoms with Crippen molar-refractivity contribution in [3.05, 3.63) is 65.5 Å². The molecule has 0 bridgehead atoms. The van der Waals surface area contributed by atoms with Crippen LogP contribution in [0.4, 0.5) is 0 Å². The van der Waals surface area contributed by atoms with Crippen LogP contribution >= 0.6 is 0 Å². The SMILES string of the molecule is Cc1ccc2nc(C=Cc3ccccc3)[nH]c2c1. The number of aromatic amines is 1. The van der Waals surface area contributed by atoms with Crippen molar-refractivity contribution >= 4 is 23.2 Å². The number of hydrogen-bond donors (Lipinski definition) is 1. The van der Waals surface area contributed by atoms with Gasteiger partial charge in [0, 0.05) is 0 Å². The van der Waals surface area contributed by atoms with E-state index in [1.54, 1.807) is 0 Å². The van der Waals surface area contributed by atoms with E-state index in [9.17, 15) is 0 Å². The maximum absolute atomic E-state index is 4.53. The minimum absolute atomic E-state index is 0.888. The highest BCUT2D eigenvalue weighted by atomic mass is 14.9. The lowest BCUT2D eigenvalue weighted by Gasteiger charge is -1.90. The molecule has 3 rings (SSSR count). The van der Waals surface area contributed by atoms with E-state index in [1.165, 1.54) is 11.1 Å². The Labute approximate surface area is 106 Å². The summed E-state index contributed by atoms with van der Waals surface area (Å²) >= 11 is 0. The van der Waals surface area contributed by atoms with E-state index in [0.29, 0.717) is 0 Å². The van der Waals surface area contributed by atoms with E-state index < -0.39 is 0 Å². The number of aromatic nitrogens is 2. The van der Waals surface area contributed by atoms with Crippen LogP contribution < -0.4 is 0 Å². The molecular weight excluding hydrogens is 220 g/mol. The van der Waals surface area contributed by atoms with Gasteiger partial charge in [0.2, 0.25) is 0 Å². The first kappa shape index (κ1) is 10.8. The van der Waals surface area contributed by atoms with Crippen molar-refractivity contribution in [2.45, 2.75) is 6.92 Å². The van der Waals surface area contributed by atoms with Gasteiger partial charge in [-0.1, -0.05) is 42.5 Å². The van der Waals surface area contributed by atoms with Crippen molar-refractivity contribution in [1.29, 1.82) is 0 Å². The molecule has 0 amide bonds. The number of H-pyrrole nitrogens is 1. The van der Waals surface area contributed by atoms with Crippen LogP contribution in [0.25, 0.3) is 23.2 Å². The summed E-state index contributed by atoms with van der Waals surface area (Å²) in [5, 5.41) is 0. The lowest BCUT2D eigenvalue weighted by Crippen LogP contribution is -1.74. The van der Waals surface area contributed by atoms with E-state index in [0.717, 1.165) is 16.9 Å². The largest absolute Gasteiger partial charge is 0.338 e. The molecule has 2 heteroatoms. The molecule has 0 atom stereocenters. The second kappa shape index (κ2) is 4.49. The van der Waals surface area contributed by atoms with E-state index in [1.807, 2.05) is 30.3 Å². The molecule has 0 aliphatic heterocycles. The van der Waals surface area contributed by atoms with Crippen molar-refractivity contribution in [2.24, 2.45) is 0 Å². The first-order valence-corrected chi connectivity index (χ1v) is 6.01. The molecule has 0 spiro atoms. The molecular formula is C16H14N2. The topological polar surface area (TPSA) is 28.7 Å². The lowest BCUT2D eigenvalue weighted by molar-refractivity contribution is 1.29. The summed E-state index contributed by atoms with van der Waals surface area (Å²) in [5.74, 6) is 0.888. The molecule has 3 aromatic rings. The normalized spacial score (nSPS) is 11.4. The third-order valence-electron chi connectivity index (χ3n) is 2.89. The fraction of sp³-hybridized carbons (Fsp3) is 0.0625. The average molecular weight is 234 g/mol. The highest BCUT2D eigenvalue weighted by Crippen LogP contribution is 2.14. The van der Waals surface area contributed by atoms with Gasteiger partial charge in [-0.25, -0.2) is 4.98 Å². The van der Waals surface area contributed by atoms with Gasteiger partial charge >= 0.3 is 0 Å². The Balaban J connectivity index is 1.93. The van der Waals surface area contributed by atoms with E-state index in [2.05, 4.69) is 47.2 Å². The lowest BCUT2D eigenvalue weighted by atomic mass is 10.2. The zero-order chi connectivity index (χ0) is 12.4. The first-order chi connectivity index (χ1) is 8.81. The van der Waals surface area contributed by atoms with Crippen molar-refractivity contribution in [3.63, 3.8) is 0 Å². The van der Waals surface area contributed by atoms with Crippen LogP contribution in [-0.4, -0.2) is 9.97 Å². The molecule has 0 aliphatic rings. The molecule has 0 fully saturated rings. The van der Waals surface area contributed by atoms with Crippen LogP contribution in [0.3, 0.4) is 0 Å². The fourth-order valence-electron chi connectivity index (χ4n) is 1.96. The molecule has 0 saturated carbocycles. The van der Waals surface area contributed by atoms with Gasteiger partial charge in [0.25, 0.3) is 0 Å². The van der Waals surface area contributed by atoms with Gasteiger partial charge in [0.1, 0.15) is 5.82 Å². The summed E-state index contributed by atoms with van der Waals surface area (Å²) in [4.78, 5) is 7.84. The average Bonchev–Trinajstić information content (AvgIpc) is 2.79. The Morgan fingerprint density at radius 2 is 1.83 bits per heavy atom. The summed E-state index contributed by atoms with van der Waals surface area (Å²) in [7, 11) is 0. The van der Waals surface area contributed by atoms with Crippen LogP contribution in [-0.2, 0) is 0 Å². The second-order valence-electron chi connectivity index (χ2n) is 4.39. The molecule has 1 heterocycles. The van der Waals surface area contributed by atoms with Gasteiger partial charge in [0.05, 0.1) is 11.0 Å². The van der Waals surface area contributed by atoms with Crippen molar-refractivity contribution in [1.82, 2.24) is 9.97 Å². The Kier molecular flexibility index (Phi) is 2.69. The van der Waals surface area contributed by atoms with E-state index >= 15 is 0 Å². The Morgan fingerprint density at radius 1 is 1.00 bits per heavy atom. The number of hydrogen-bond acceptors (Lipinski definition) is 1. The molecule has 2 nitrogen and oxygen atoms in total. The van der Waals surface area contributed by atoms with Crippen molar-refractivity contribution in [2.75, 3.05) is 0 Å². The molecule has 0 aliphatic carbocycles. The third kappa shape index (κ3) is 2.18. The predicted molar refractivity (Wildman–Crippen MR) is 76.2 cm³/mol. The predicted octanol–water partition coefficient (Wildman–Crippen LogP) is 4.04. The maximum atomic E-state index is 4.53. The number of nitrogens with one attached hydrogen (secondary N) is 1. The van der Waals surface area contributed by atoms with Crippen LogP contribution in [0.1, 0.15) is 17.0 Å². The summed E-state index contributed by atoms with van der Waals surface area (Å²) < 4.78 is 0. The first-order valence-electron chi connectivity index (χ1n) is 6.01. The highest BCUT2D eigenvalue weighted by molar-refractivity contribution is 5.79. The maximum Gasteiger partial charge on any atom is 0.131 e. The number of imidazole rings is 1. The molecule has 2 aromatic carbocycles. The smallest absolute Gasteiger partial charge is 0.131 e. The molecule has 1 N–H and O–H groups in total. The molecule has 0 saturated heterocycles. The van der Waals surface area contributed by atoms with Crippen LogP contribution in [0.2, 0.25) is 0 Å².